The van der Waals surface area contributed by atoms with Crippen molar-refractivity contribution in [2.24, 2.45) is 0 Å². The first-order valence-electron chi connectivity index (χ1n) is 5.19. The van der Waals surface area contributed by atoms with Crippen LogP contribution < -0.4 is 0 Å². The molecular weight excluding hydrogens is 327 g/mol. The highest BCUT2D eigenvalue weighted by molar-refractivity contribution is 14.1. The van der Waals surface area contributed by atoms with Gasteiger partial charge in [0.25, 0.3) is 0 Å². The summed E-state index contributed by atoms with van der Waals surface area (Å²) in [5, 5.41) is 10.3. The van der Waals surface area contributed by atoms with Gasteiger partial charge >= 0.3 is 0 Å². The molecule has 0 spiro atoms. The van der Waals surface area contributed by atoms with Crippen molar-refractivity contribution in [3.05, 3.63) is 71.8 Å². The first-order chi connectivity index (χ1) is 8.12. The van der Waals surface area contributed by atoms with Crippen molar-refractivity contribution in [1.29, 1.82) is 0 Å². The number of alkyl halides is 1. The molecule has 1 unspecified atom stereocenters. The van der Waals surface area contributed by atoms with E-state index in [4.69, 9.17) is 0 Å². The zero-order valence-electron chi connectivity index (χ0n) is 9.01. The van der Waals surface area contributed by atoms with Gasteiger partial charge in [-0.05, 0) is 22.6 Å². The molecule has 0 saturated carbocycles. The molecule has 17 heavy (non-hydrogen) atoms. The van der Waals surface area contributed by atoms with Gasteiger partial charge in [0.15, 0.2) is 0 Å². The molecule has 0 aliphatic rings. The molecular formula is C14H11IO2. The van der Waals surface area contributed by atoms with Crippen LogP contribution in [0.4, 0.5) is 0 Å². The molecule has 86 valence electrons. The lowest BCUT2D eigenvalue weighted by atomic mass is 10.0. The van der Waals surface area contributed by atoms with Crippen molar-refractivity contribution in [1.82, 2.24) is 0 Å². The number of hydrogen-bond donors (Lipinski definition) is 1. The highest BCUT2D eigenvalue weighted by Gasteiger charge is 2.34. The molecule has 0 heterocycles. The first kappa shape index (κ1) is 12.3. The van der Waals surface area contributed by atoms with Crippen molar-refractivity contribution in [3.63, 3.8) is 0 Å². The number of benzene rings is 2. The van der Waals surface area contributed by atoms with Crippen LogP contribution in [0.1, 0.15) is 15.9 Å². The van der Waals surface area contributed by atoms with Crippen LogP contribution in [-0.2, 0) is 3.61 Å². The van der Waals surface area contributed by atoms with Crippen LogP contribution in [-0.4, -0.2) is 10.9 Å². The molecule has 2 aromatic rings. The van der Waals surface area contributed by atoms with Gasteiger partial charge in [-0.2, -0.15) is 0 Å². The number of aliphatic hydroxyl groups is 1. The maximum absolute atomic E-state index is 12.2. The summed E-state index contributed by atoms with van der Waals surface area (Å²) in [4.78, 5) is 12.2. The fourth-order valence-corrected chi connectivity index (χ4v) is 2.24. The standard InChI is InChI=1S/C14H11IO2/c15-14(17,12-9-5-2-6-10-12)13(16)11-7-3-1-4-8-11/h1-10,17H. The average Bonchev–Trinajstić information content (AvgIpc) is 2.40. The van der Waals surface area contributed by atoms with Crippen molar-refractivity contribution in [2.45, 2.75) is 3.61 Å². The van der Waals surface area contributed by atoms with Crippen molar-refractivity contribution in [2.75, 3.05) is 0 Å². The summed E-state index contributed by atoms with van der Waals surface area (Å²) in [5.74, 6) is -0.301. The molecule has 3 heteroatoms. The molecule has 0 aliphatic heterocycles. The second-order valence-corrected chi connectivity index (χ2v) is 5.24. The molecule has 0 saturated heterocycles. The van der Waals surface area contributed by atoms with Gasteiger partial charge < -0.3 is 5.11 Å². The van der Waals surface area contributed by atoms with Gasteiger partial charge in [0.2, 0.25) is 9.39 Å². The Bertz CT molecular complexity index is 506. The summed E-state index contributed by atoms with van der Waals surface area (Å²) < 4.78 is -1.51. The van der Waals surface area contributed by atoms with Gasteiger partial charge in [-0.15, -0.1) is 0 Å². The second kappa shape index (κ2) is 4.98. The number of ketones is 1. The molecule has 2 aromatic carbocycles. The lowest BCUT2D eigenvalue weighted by molar-refractivity contribution is 0.0705. The maximum atomic E-state index is 12.2. The van der Waals surface area contributed by atoms with E-state index >= 15 is 0 Å². The third-order valence-corrected chi connectivity index (χ3v) is 3.61. The summed E-state index contributed by atoms with van der Waals surface area (Å²) in [6.45, 7) is 0. The van der Waals surface area contributed by atoms with Crippen LogP contribution in [0.25, 0.3) is 0 Å². The predicted octanol–water partition coefficient (Wildman–Crippen LogP) is 3.15. The van der Waals surface area contributed by atoms with Crippen molar-refractivity contribution >= 4 is 28.4 Å². The highest BCUT2D eigenvalue weighted by Crippen LogP contribution is 2.32. The average molecular weight is 338 g/mol. The third kappa shape index (κ3) is 2.56. The molecule has 0 fully saturated rings. The van der Waals surface area contributed by atoms with Crippen LogP contribution >= 0.6 is 22.6 Å². The fourth-order valence-electron chi connectivity index (χ4n) is 1.57. The minimum Gasteiger partial charge on any atom is -0.369 e. The van der Waals surface area contributed by atoms with E-state index < -0.39 is 3.61 Å². The second-order valence-electron chi connectivity index (χ2n) is 3.68. The number of carbonyl (C=O) groups excluding carboxylic acids is 1. The fraction of sp³-hybridized carbons (Fsp3) is 0.0714. The Morgan fingerprint density at radius 2 is 1.41 bits per heavy atom. The normalized spacial score (nSPS) is 14.0. The molecule has 1 atom stereocenters. The number of hydrogen-bond acceptors (Lipinski definition) is 2. The minimum absolute atomic E-state index is 0.301. The van der Waals surface area contributed by atoms with Gasteiger partial charge in [-0.1, -0.05) is 60.7 Å². The minimum atomic E-state index is -1.51. The lowest BCUT2D eigenvalue weighted by Gasteiger charge is -2.20. The third-order valence-electron chi connectivity index (χ3n) is 2.49. The smallest absolute Gasteiger partial charge is 0.209 e. The maximum Gasteiger partial charge on any atom is 0.209 e. The van der Waals surface area contributed by atoms with E-state index in [-0.39, 0.29) is 5.78 Å². The Balaban J connectivity index is 2.37. The molecule has 2 nitrogen and oxygen atoms in total. The molecule has 0 aromatic heterocycles. The van der Waals surface area contributed by atoms with E-state index in [1.807, 2.05) is 12.1 Å². The van der Waals surface area contributed by atoms with Crippen molar-refractivity contribution < 1.29 is 9.90 Å². The van der Waals surface area contributed by atoms with Gasteiger partial charge in [0, 0.05) is 11.1 Å². The number of carbonyl (C=O) groups is 1. The van der Waals surface area contributed by atoms with E-state index in [0.717, 1.165) is 0 Å². The Kier molecular flexibility index (Phi) is 3.59. The number of rotatable bonds is 3. The summed E-state index contributed by atoms with van der Waals surface area (Å²) >= 11 is 1.78. The van der Waals surface area contributed by atoms with E-state index in [9.17, 15) is 9.90 Å². The van der Waals surface area contributed by atoms with E-state index in [2.05, 4.69) is 0 Å². The highest BCUT2D eigenvalue weighted by atomic mass is 127. The topological polar surface area (TPSA) is 37.3 Å². The number of Topliss-reactive ketones (excluding diaryl/α,β-unsaturated/α-hetero) is 1. The molecule has 0 aliphatic carbocycles. The molecule has 0 amide bonds. The van der Waals surface area contributed by atoms with Crippen molar-refractivity contribution in [3.8, 4) is 0 Å². The Morgan fingerprint density at radius 3 is 1.94 bits per heavy atom. The molecule has 0 radical (unpaired) electrons. The van der Waals surface area contributed by atoms with Crippen LogP contribution in [0, 0.1) is 0 Å². The van der Waals surface area contributed by atoms with Gasteiger partial charge in [-0.25, -0.2) is 0 Å². The van der Waals surface area contributed by atoms with E-state index in [0.29, 0.717) is 11.1 Å². The predicted molar refractivity (Wildman–Crippen MR) is 75.1 cm³/mol. The van der Waals surface area contributed by atoms with E-state index in [1.165, 1.54) is 0 Å². The summed E-state index contributed by atoms with van der Waals surface area (Å²) in [7, 11) is 0. The summed E-state index contributed by atoms with van der Waals surface area (Å²) in [6, 6.07) is 17.8. The zero-order chi connectivity index (χ0) is 12.3. The van der Waals surface area contributed by atoms with Gasteiger partial charge in [-0.3, -0.25) is 4.79 Å². The monoisotopic (exact) mass is 338 g/mol. The summed E-state index contributed by atoms with van der Waals surface area (Å²) in [6.07, 6.45) is 0. The lowest BCUT2D eigenvalue weighted by Crippen LogP contribution is -2.28. The van der Waals surface area contributed by atoms with Gasteiger partial charge in [0.1, 0.15) is 0 Å². The van der Waals surface area contributed by atoms with Crippen LogP contribution in [0.3, 0.4) is 0 Å². The Morgan fingerprint density at radius 1 is 0.941 bits per heavy atom. The van der Waals surface area contributed by atoms with Crippen LogP contribution in [0.2, 0.25) is 0 Å². The van der Waals surface area contributed by atoms with Crippen LogP contribution in [0.15, 0.2) is 60.7 Å². The van der Waals surface area contributed by atoms with Crippen LogP contribution in [0.5, 0.6) is 0 Å². The zero-order valence-corrected chi connectivity index (χ0v) is 11.2. The number of halogens is 1. The molecule has 0 bridgehead atoms. The Hall–Kier alpha value is -1.20. The van der Waals surface area contributed by atoms with E-state index in [1.54, 1.807) is 71.1 Å². The largest absolute Gasteiger partial charge is 0.369 e. The summed E-state index contributed by atoms with van der Waals surface area (Å²) in [5.41, 5.74) is 1.10. The Labute approximate surface area is 113 Å². The SMILES string of the molecule is O=C(c1ccccc1)C(O)(I)c1ccccc1. The molecule has 1 N–H and O–H groups in total. The quantitative estimate of drug-likeness (QED) is 0.530. The van der Waals surface area contributed by atoms with Gasteiger partial charge in [0.05, 0.1) is 0 Å². The molecule has 2 rings (SSSR count). The first-order valence-corrected chi connectivity index (χ1v) is 6.27.